The number of aromatic nitrogens is 1. The van der Waals surface area contributed by atoms with Crippen LogP contribution in [-0.2, 0) is 10.3 Å². The normalized spacial score (nSPS) is 22.2. The molecular formula is C22H22N4O2. The maximum Gasteiger partial charge on any atom is 0.261 e. The molecule has 0 saturated heterocycles. The van der Waals surface area contributed by atoms with Crippen LogP contribution in [0.15, 0.2) is 41.7 Å². The number of rotatable bonds is 1. The van der Waals surface area contributed by atoms with Crippen LogP contribution in [0.25, 0.3) is 11.1 Å². The summed E-state index contributed by atoms with van der Waals surface area (Å²) in [5.41, 5.74) is 7.80. The van der Waals surface area contributed by atoms with Gasteiger partial charge < -0.3 is 10.5 Å². The van der Waals surface area contributed by atoms with Crippen molar-refractivity contribution < 1.29 is 9.53 Å². The van der Waals surface area contributed by atoms with Gasteiger partial charge in [0.2, 0.25) is 0 Å². The number of pyridine rings is 1. The number of amides is 1. The van der Waals surface area contributed by atoms with E-state index < -0.39 is 11.1 Å². The van der Waals surface area contributed by atoms with Crippen LogP contribution in [0.4, 0.5) is 0 Å². The van der Waals surface area contributed by atoms with Gasteiger partial charge in [0, 0.05) is 42.6 Å². The molecule has 4 rings (SSSR count). The van der Waals surface area contributed by atoms with Crippen LogP contribution in [0.5, 0.6) is 5.75 Å². The summed E-state index contributed by atoms with van der Waals surface area (Å²) >= 11 is 0. The van der Waals surface area contributed by atoms with Gasteiger partial charge in [-0.05, 0) is 44.5 Å². The molecule has 0 bridgehead atoms. The average Bonchev–Trinajstić information content (AvgIpc) is 2.85. The second-order valence-electron chi connectivity index (χ2n) is 7.78. The fourth-order valence-corrected chi connectivity index (χ4v) is 3.97. The first kappa shape index (κ1) is 18.1. The minimum atomic E-state index is -1.07. The summed E-state index contributed by atoms with van der Waals surface area (Å²) < 4.78 is 6.16. The van der Waals surface area contributed by atoms with Crippen molar-refractivity contribution in [1.29, 1.82) is 0 Å². The third-order valence-corrected chi connectivity index (χ3v) is 5.14. The first-order valence-electron chi connectivity index (χ1n) is 9.11. The van der Waals surface area contributed by atoms with Crippen molar-refractivity contribution in [2.75, 3.05) is 7.05 Å². The molecule has 1 aromatic heterocycles. The zero-order chi connectivity index (χ0) is 20.1. The Labute approximate surface area is 164 Å². The van der Waals surface area contributed by atoms with E-state index in [2.05, 4.69) is 21.8 Å². The monoisotopic (exact) mass is 374 g/mol. The predicted octanol–water partition coefficient (Wildman–Crippen LogP) is 2.66. The highest BCUT2D eigenvalue weighted by Crippen LogP contribution is 2.49. The van der Waals surface area contributed by atoms with Gasteiger partial charge in [-0.3, -0.25) is 14.7 Å². The SMILES string of the molecule is CC#Cc1cncc(-c2ccc3c(c2)C2(CC(C)(C)O3)N=C(N)N(C)C2=O)c1. The van der Waals surface area contributed by atoms with Crippen molar-refractivity contribution in [2.24, 2.45) is 10.7 Å². The Morgan fingerprint density at radius 1 is 1.21 bits per heavy atom. The first-order chi connectivity index (χ1) is 13.3. The first-order valence-corrected chi connectivity index (χ1v) is 9.11. The molecule has 2 N–H and O–H groups in total. The molecule has 2 aliphatic rings. The lowest BCUT2D eigenvalue weighted by molar-refractivity contribution is -0.133. The average molecular weight is 374 g/mol. The van der Waals surface area contributed by atoms with Gasteiger partial charge in [0.1, 0.15) is 11.4 Å². The number of fused-ring (bicyclic) bond motifs is 2. The Morgan fingerprint density at radius 3 is 2.68 bits per heavy atom. The van der Waals surface area contributed by atoms with Crippen LogP contribution < -0.4 is 10.5 Å². The van der Waals surface area contributed by atoms with Crippen molar-refractivity contribution >= 4 is 11.9 Å². The molecular weight excluding hydrogens is 352 g/mol. The van der Waals surface area contributed by atoms with Gasteiger partial charge in [-0.2, -0.15) is 0 Å². The van der Waals surface area contributed by atoms with E-state index in [1.54, 1.807) is 26.4 Å². The second-order valence-corrected chi connectivity index (χ2v) is 7.78. The second kappa shape index (κ2) is 6.10. The number of ether oxygens (including phenoxy) is 1. The topological polar surface area (TPSA) is 80.8 Å². The van der Waals surface area contributed by atoms with Gasteiger partial charge in [-0.1, -0.05) is 12.0 Å². The minimum absolute atomic E-state index is 0.136. The van der Waals surface area contributed by atoms with Crippen LogP contribution in [0.2, 0.25) is 0 Å². The number of aliphatic imine (C=N–C) groups is 1. The number of carbonyl (C=O) groups excluding carboxylic acids is 1. The molecule has 2 aromatic rings. The number of carbonyl (C=O) groups is 1. The lowest BCUT2D eigenvalue weighted by atomic mass is 9.77. The predicted molar refractivity (Wildman–Crippen MR) is 108 cm³/mol. The van der Waals surface area contributed by atoms with E-state index in [0.29, 0.717) is 12.2 Å². The zero-order valence-corrected chi connectivity index (χ0v) is 16.4. The van der Waals surface area contributed by atoms with Crippen molar-refractivity contribution in [3.8, 4) is 28.7 Å². The van der Waals surface area contributed by atoms with E-state index in [0.717, 1.165) is 22.3 Å². The van der Waals surface area contributed by atoms with Gasteiger partial charge >= 0.3 is 0 Å². The van der Waals surface area contributed by atoms with Crippen molar-refractivity contribution in [3.05, 3.63) is 47.8 Å². The Hall–Kier alpha value is -3.33. The third-order valence-electron chi connectivity index (χ3n) is 5.14. The molecule has 0 radical (unpaired) electrons. The Morgan fingerprint density at radius 2 is 2.00 bits per heavy atom. The van der Waals surface area contributed by atoms with Crippen molar-refractivity contribution in [1.82, 2.24) is 9.88 Å². The van der Waals surface area contributed by atoms with E-state index in [1.165, 1.54) is 4.90 Å². The van der Waals surface area contributed by atoms with E-state index >= 15 is 0 Å². The molecule has 1 amide bonds. The fourth-order valence-electron chi connectivity index (χ4n) is 3.97. The lowest BCUT2D eigenvalue weighted by Gasteiger charge is -2.41. The molecule has 6 nitrogen and oxygen atoms in total. The maximum absolute atomic E-state index is 13.2. The molecule has 142 valence electrons. The lowest BCUT2D eigenvalue weighted by Crippen LogP contribution is -2.49. The van der Waals surface area contributed by atoms with E-state index in [9.17, 15) is 4.79 Å². The molecule has 3 heterocycles. The largest absolute Gasteiger partial charge is 0.487 e. The number of nitrogens with two attached hydrogens (primary N) is 1. The summed E-state index contributed by atoms with van der Waals surface area (Å²) in [4.78, 5) is 23.5. The zero-order valence-electron chi connectivity index (χ0n) is 16.4. The molecule has 0 fully saturated rings. The molecule has 1 unspecified atom stereocenters. The summed E-state index contributed by atoms with van der Waals surface area (Å²) in [6.07, 6.45) is 3.93. The van der Waals surface area contributed by atoms with Gasteiger partial charge in [-0.25, -0.2) is 4.99 Å². The maximum atomic E-state index is 13.2. The molecule has 0 saturated carbocycles. The Balaban J connectivity index is 1.90. The van der Waals surface area contributed by atoms with Crippen molar-refractivity contribution in [3.63, 3.8) is 0 Å². The standard InChI is InChI=1S/C22H22N4O2/c1-5-6-14-9-16(12-24-11-14)15-7-8-18-17(10-15)22(13-21(2,3)28-18)19(27)26(4)20(23)25-22/h7-12H,13H2,1-4H3,(H2,23,25). The highest BCUT2D eigenvalue weighted by atomic mass is 16.5. The van der Waals surface area contributed by atoms with Gasteiger partial charge in [-0.15, -0.1) is 5.92 Å². The Kier molecular flexibility index (Phi) is 3.93. The molecule has 1 spiro atoms. The number of likely N-dealkylation sites (N-methyl/N-ethyl adjacent to an activating group) is 1. The number of hydrogen-bond acceptors (Lipinski definition) is 5. The Bertz CT molecular complexity index is 1080. The van der Waals surface area contributed by atoms with E-state index in [4.69, 9.17) is 10.5 Å². The van der Waals surface area contributed by atoms with Crippen LogP contribution >= 0.6 is 0 Å². The van der Waals surface area contributed by atoms with Gasteiger partial charge in [0.15, 0.2) is 11.5 Å². The number of nitrogens with zero attached hydrogens (tertiary/aromatic N) is 3. The molecule has 28 heavy (non-hydrogen) atoms. The molecule has 2 aliphatic heterocycles. The smallest absolute Gasteiger partial charge is 0.261 e. The van der Waals surface area contributed by atoms with Gasteiger partial charge in [0.05, 0.1) is 0 Å². The number of benzene rings is 1. The summed E-state index contributed by atoms with van der Waals surface area (Å²) in [6, 6.07) is 7.79. The summed E-state index contributed by atoms with van der Waals surface area (Å²) in [5, 5.41) is 0. The van der Waals surface area contributed by atoms with Crippen LogP contribution in [0, 0.1) is 11.8 Å². The quantitative estimate of drug-likeness (QED) is 0.778. The summed E-state index contributed by atoms with van der Waals surface area (Å²) in [7, 11) is 1.65. The highest BCUT2D eigenvalue weighted by Gasteiger charge is 2.55. The van der Waals surface area contributed by atoms with E-state index in [-0.39, 0.29) is 11.9 Å². The van der Waals surface area contributed by atoms with Gasteiger partial charge in [0.25, 0.3) is 5.91 Å². The molecule has 6 heteroatoms. The molecule has 1 atom stereocenters. The summed E-state index contributed by atoms with van der Waals surface area (Å²) in [5.74, 6) is 6.64. The molecule has 1 aromatic carbocycles. The fraction of sp³-hybridized carbons (Fsp3) is 0.318. The van der Waals surface area contributed by atoms with Crippen LogP contribution in [0.3, 0.4) is 0 Å². The van der Waals surface area contributed by atoms with Crippen LogP contribution in [-0.4, -0.2) is 34.4 Å². The number of guanidine groups is 1. The van der Waals surface area contributed by atoms with E-state index in [1.807, 2.05) is 38.1 Å². The van der Waals surface area contributed by atoms with Crippen LogP contribution in [0.1, 0.15) is 38.3 Å². The summed E-state index contributed by atoms with van der Waals surface area (Å²) in [6.45, 7) is 5.71. The highest BCUT2D eigenvalue weighted by molar-refractivity contribution is 6.07. The third kappa shape index (κ3) is 2.71. The molecule has 0 aliphatic carbocycles. The minimum Gasteiger partial charge on any atom is -0.487 e. The van der Waals surface area contributed by atoms with Crippen molar-refractivity contribution in [2.45, 2.75) is 38.3 Å². The number of hydrogen-bond donors (Lipinski definition) is 1.